The molecule has 1 aromatic rings. The van der Waals surface area contributed by atoms with Gasteiger partial charge in [0.2, 0.25) is 0 Å². The van der Waals surface area contributed by atoms with Crippen LogP contribution < -0.4 is 0 Å². The molecule has 1 saturated heterocycles. The number of hydrogen-bond acceptors (Lipinski definition) is 3. The fourth-order valence-corrected chi connectivity index (χ4v) is 3.05. The molecule has 0 saturated carbocycles. The molecule has 0 amide bonds. The van der Waals surface area contributed by atoms with Crippen LogP contribution in [0, 0.1) is 0 Å². The average molecular weight is 266 g/mol. The first-order chi connectivity index (χ1) is 8.29. The van der Waals surface area contributed by atoms with Crippen molar-refractivity contribution in [3.8, 4) is 0 Å². The van der Waals surface area contributed by atoms with Gasteiger partial charge in [-0.05, 0) is 12.0 Å². The van der Waals surface area contributed by atoms with Gasteiger partial charge in [0.05, 0.1) is 12.5 Å². The second-order valence-electron chi connectivity index (χ2n) is 4.26. The van der Waals surface area contributed by atoms with E-state index in [0.29, 0.717) is 0 Å². The van der Waals surface area contributed by atoms with Crippen molar-refractivity contribution in [3.05, 3.63) is 35.9 Å². The minimum absolute atomic E-state index is 0.967. The number of benzene rings is 1. The lowest BCUT2D eigenvalue weighted by atomic mass is 10.2. The molecule has 1 aliphatic heterocycles. The van der Waals surface area contributed by atoms with Gasteiger partial charge in [0, 0.05) is 13.1 Å². The Morgan fingerprint density at radius 3 is 2.76 bits per heavy atom. The maximum absolute atomic E-state index is 5.37. The average Bonchev–Trinajstić information content (AvgIpc) is 2.35. The Bertz CT molecular complexity index is 367. The van der Waals surface area contributed by atoms with Gasteiger partial charge in [0.1, 0.15) is 4.32 Å². The van der Waals surface area contributed by atoms with Crippen LogP contribution in [0.15, 0.2) is 30.3 Å². The van der Waals surface area contributed by atoms with Crippen molar-refractivity contribution < 1.29 is 0 Å². The van der Waals surface area contributed by atoms with Gasteiger partial charge >= 0.3 is 0 Å². The molecule has 1 aromatic carbocycles. The Kier molecular flexibility index (Phi) is 4.83. The van der Waals surface area contributed by atoms with Crippen LogP contribution in [-0.4, -0.2) is 33.2 Å². The molecule has 0 bridgehead atoms. The maximum atomic E-state index is 5.37. The van der Waals surface area contributed by atoms with Crippen LogP contribution in [0.4, 0.5) is 0 Å². The zero-order valence-electron chi connectivity index (χ0n) is 10.1. The summed E-state index contributed by atoms with van der Waals surface area (Å²) < 4.78 is 1.05. The molecule has 1 heterocycles. The van der Waals surface area contributed by atoms with Crippen LogP contribution in [0.1, 0.15) is 18.9 Å². The second-order valence-corrected chi connectivity index (χ2v) is 5.84. The van der Waals surface area contributed by atoms with Gasteiger partial charge in [-0.2, -0.15) is 0 Å². The van der Waals surface area contributed by atoms with Crippen molar-refractivity contribution >= 4 is 28.3 Å². The summed E-state index contributed by atoms with van der Waals surface area (Å²) in [7, 11) is 0. The fourth-order valence-electron chi connectivity index (χ4n) is 1.95. The molecule has 0 radical (unpaired) electrons. The summed E-state index contributed by atoms with van der Waals surface area (Å²) >= 11 is 7.15. The quantitative estimate of drug-likeness (QED) is 0.772. The van der Waals surface area contributed by atoms with E-state index in [-0.39, 0.29) is 0 Å². The third-order valence-corrected chi connectivity index (χ3v) is 4.35. The molecule has 0 unspecified atom stereocenters. The van der Waals surface area contributed by atoms with E-state index in [4.69, 9.17) is 12.2 Å². The second kappa shape index (κ2) is 6.38. The van der Waals surface area contributed by atoms with Gasteiger partial charge in [-0.3, -0.25) is 4.90 Å². The third kappa shape index (κ3) is 3.69. The number of nitrogens with zero attached hydrogens (tertiary/aromatic N) is 2. The SMILES string of the molecule is CCCN1CN(Cc2ccccc2)CSC1=S. The molecule has 1 fully saturated rings. The van der Waals surface area contributed by atoms with Crippen molar-refractivity contribution in [1.29, 1.82) is 0 Å². The highest BCUT2D eigenvalue weighted by molar-refractivity contribution is 8.22. The smallest absolute Gasteiger partial charge is 0.138 e. The van der Waals surface area contributed by atoms with E-state index < -0.39 is 0 Å². The van der Waals surface area contributed by atoms with Crippen LogP contribution >= 0.6 is 24.0 Å². The summed E-state index contributed by atoms with van der Waals surface area (Å²) in [6.45, 7) is 5.24. The lowest BCUT2D eigenvalue weighted by Gasteiger charge is -2.36. The third-order valence-electron chi connectivity index (χ3n) is 2.74. The lowest BCUT2D eigenvalue weighted by molar-refractivity contribution is 0.205. The van der Waals surface area contributed by atoms with E-state index in [9.17, 15) is 0 Å². The molecule has 1 aliphatic rings. The van der Waals surface area contributed by atoms with Crippen LogP contribution in [-0.2, 0) is 6.54 Å². The highest BCUT2D eigenvalue weighted by atomic mass is 32.2. The predicted octanol–water partition coefficient (Wildman–Crippen LogP) is 3.15. The summed E-state index contributed by atoms with van der Waals surface area (Å²) in [6.07, 6.45) is 1.15. The van der Waals surface area contributed by atoms with Crippen molar-refractivity contribution in [1.82, 2.24) is 9.80 Å². The van der Waals surface area contributed by atoms with Crippen LogP contribution in [0.2, 0.25) is 0 Å². The molecule has 0 aromatic heterocycles. The van der Waals surface area contributed by atoms with E-state index in [1.54, 1.807) is 11.8 Å². The predicted molar refractivity (Wildman–Crippen MR) is 78.9 cm³/mol. The lowest BCUT2D eigenvalue weighted by Crippen LogP contribution is -2.44. The molecule has 0 aliphatic carbocycles. The van der Waals surface area contributed by atoms with Crippen molar-refractivity contribution in [2.24, 2.45) is 0 Å². The van der Waals surface area contributed by atoms with Gasteiger partial charge in [-0.25, -0.2) is 0 Å². The Balaban J connectivity index is 1.92. The molecule has 0 N–H and O–H groups in total. The molecular formula is C13H18N2S2. The molecule has 0 spiro atoms. The maximum Gasteiger partial charge on any atom is 0.138 e. The van der Waals surface area contributed by atoms with Gasteiger partial charge in [-0.15, -0.1) is 0 Å². The molecule has 92 valence electrons. The van der Waals surface area contributed by atoms with E-state index in [2.05, 4.69) is 47.1 Å². The van der Waals surface area contributed by atoms with E-state index in [1.165, 1.54) is 5.56 Å². The topological polar surface area (TPSA) is 6.48 Å². The number of thiocarbonyl (C=S) groups is 1. The standard InChI is InChI=1S/C13H18N2S2/c1-2-8-15-10-14(11-17-13(15)16)9-12-6-4-3-5-7-12/h3-7H,2,8-11H2,1H3. The fraction of sp³-hybridized carbons (Fsp3) is 0.462. The zero-order valence-corrected chi connectivity index (χ0v) is 11.8. The first kappa shape index (κ1) is 12.9. The number of hydrogen-bond donors (Lipinski definition) is 0. The van der Waals surface area contributed by atoms with E-state index >= 15 is 0 Å². The summed E-state index contributed by atoms with van der Waals surface area (Å²) in [4.78, 5) is 4.73. The summed E-state index contributed by atoms with van der Waals surface area (Å²) in [5.41, 5.74) is 1.37. The Morgan fingerprint density at radius 1 is 1.29 bits per heavy atom. The summed E-state index contributed by atoms with van der Waals surface area (Å²) in [5, 5.41) is 0. The largest absolute Gasteiger partial charge is 0.344 e. The highest BCUT2D eigenvalue weighted by Crippen LogP contribution is 2.20. The molecule has 2 rings (SSSR count). The van der Waals surface area contributed by atoms with Crippen LogP contribution in [0.5, 0.6) is 0 Å². The molecule has 4 heteroatoms. The summed E-state index contributed by atoms with van der Waals surface area (Å²) in [6, 6.07) is 10.6. The highest BCUT2D eigenvalue weighted by Gasteiger charge is 2.20. The van der Waals surface area contributed by atoms with Crippen molar-refractivity contribution in [3.63, 3.8) is 0 Å². The minimum Gasteiger partial charge on any atom is -0.344 e. The van der Waals surface area contributed by atoms with Crippen LogP contribution in [0.25, 0.3) is 0 Å². The van der Waals surface area contributed by atoms with Gasteiger partial charge in [0.15, 0.2) is 0 Å². The normalized spacial score (nSPS) is 17.5. The van der Waals surface area contributed by atoms with E-state index in [0.717, 1.165) is 36.4 Å². The number of thioether (sulfide) groups is 1. The molecule has 2 nitrogen and oxygen atoms in total. The van der Waals surface area contributed by atoms with E-state index in [1.807, 2.05) is 0 Å². The molecular weight excluding hydrogens is 248 g/mol. The van der Waals surface area contributed by atoms with Crippen molar-refractivity contribution in [2.75, 3.05) is 19.1 Å². The van der Waals surface area contributed by atoms with Crippen LogP contribution in [0.3, 0.4) is 0 Å². The Morgan fingerprint density at radius 2 is 2.06 bits per heavy atom. The first-order valence-corrected chi connectivity index (χ1v) is 7.37. The zero-order chi connectivity index (χ0) is 12.1. The molecule has 17 heavy (non-hydrogen) atoms. The molecule has 0 atom stereocenters. The Labute approximate surface area is 113 Å². The number of rotatable bonds is 4. The van der Waals surface area contributed by atoms with Gasteiger partial charge in [0.25, 0.3) is 0 Å². The van der Waals surface area contributed by atoms with Crippen molar-refractivity contribution in [2.45, 2.75) is 19.9 Å². The monoisotopic (exact) mass is 266 g/mol. The summed E-state index contributed by atoms with van der Waals surface area (Å²) in [5.74, 6) is 1.01. The van der Waals surface area contributed by atoms with Gasteiger partial charge in [-0.1, -0.05) is 61.2 Å². The minimum atomic E-state index is 0.967. The van der Waals surface area contributed by atoms with Gasteiger partial charge < -0.3 is 4.90 Å². The Hall–Kier alpha value is -0.580. The first-order valence-electron chi connectivity index (χ1n) is 5.97.